The van der Waals surface area contributed by atoms with Crippen LogP contribution in [-0.2, 0) is 11.1 Å². The zero-order chi connectivity index (χ0) is 9.84. The maximum Gasteiger partial charge on any atom is 0.150 e. The molecule has 0 amide bonds. The van der Waals surface area contributed by atoms with Crippen molar-refractivity contribution >= 4 is 22.3 Å². The van der Waals surface area contributed by atoms with Crippen LogP contribution in [0.15, 0.2) is 30.8 Å². The first kappa shape index (κ1) is 9.83. The van der Waals surface area contributed by atoms with E-state index in [-0.39, 0.29) is 4.91 Å². The first-order chi connectivity index (χ1) is 6.15. The summed E-state index contributed by atoms with van der Waals surface area (Å²) in [6.45, 7) is 3.37. The molecule has 1 unspecified atom stereocenters. The van der Waals surface area contributed by atoms with Gasteiger partial charge in [-0.25, -0.2) is 0 Å². The Morgan fingerprint density at radius 3 is 2.77 bits per heavy atom. The molecule has 4 heteroatoms. The first-order valence-electron chi connectivity index (χ1n) is 3.49. The van der Waals surface area contributed by atoms with Gasteiger partial charge in [0, 0.05) is 10.5 Å². The summed E-state index contributed by atoms with van der Waals surface area (Å²) in [7, 11) is 0. The minimum atomic E-state index is -2.33. The topological polar surface area (TPSA) is 57.2 Å². The average molecular weight is 195 g/mol. The van der Waals surface area contributed by atoms with Crippen LogP contribution in [0, 0.1) is 0 Å². The number of carbonyl (C=O) groups excluding carboxylic acids is 1. The lowest BCUT2D eigenvalue weighted by molar-refractivity contribution is 0.112. The predicted octanol–water partition coefficient (Wildman–Crippen LogP) is 1.35. The molecule has 3 nitrogen and oxygen atoms in total. The van der Waals surface area contributed by atoms with Crippen molar-refractivity contribution in [1.29, 1.82) is 0 Å². The fraction of sp³-hybridized carbons (Fsp3) is 0. The van der Waals surface area contributed by atoms with E-state index in [2.05, 4.69) is 6.58 Å². The third kappa shape index (κ3) is 2.34. The molecule has 0 spiro atoms. The summed E-state index contributed by atoms with van der Waals surface area (Å²) in [6, 6.07) is 6.27. The van der Waals surface area contributed by atoms with Crippen molar-refractivity contribution in [3.63, 3.8) is 0 Å². The van der Waals surface area contributed by atoms with Gasteiger partial charge >= 0.3 is 0 Å². The SMILES string of the molecule is C=C(c1cccc(C=O)c1)S(=O)[O-]. The normalized spacial score (nSPS) is 12.1. The first-order valence-corrected chi connectivity index (χ1v) is 4.56. The van der Waals surface area contributed by atoms with Crippen molar-refractivity contribution in [3.8, 4) is 0 Å². The van der Waals surface area contributed by atoms with E-state index in [0.717, 1.165) is 0 Å². The molecule has 68 valence electrons. The summed E-state index contributed by atoms with van der Waals surface area (Å²) >= 11 is -2.33. The van der Waals surface area contributed by atoms with Crippen LogP contribution in [0.4, 0.5) is 0 Å². The molecule has 0 aromatic heterocycles. The van der Waals surface area contributed by atoms with Crippen LogP contribution in [0.3, 0.4) is 0 Å². The van der Waals surface area contributed by atoms with Crippen LogP contribution in [-0.4, -0.2) is 15.0 Å². The Morgan fingerprint density at radius 2 is 2.23 bits per heavy atom. The quantitative estimate of drug-likeness (QED) is 0.540. The van der Waals surface area contributed by atoms with E-state index in [0.29, 0.717) is 17.4 Å². The Hall–Kier alpha value is -1.26. The van der Waals surface area contributed by atoms with Crippen molar-refractivity contribution in [2.45, 2.75) is 0 Å². The Bertz CT molecular complexity index is 371. The second kappa shape index (κ2) is 4.11. The Kier molecular flexibility index (Phi) is 3.11. The van der Waals surface area contributed by atoms with Crippen LogP contribution >= 0.6 is 0 Å². The van der Waals surface area contributed by atoms with Crippen molar-refractivity contribution in [2.75, 3.05) is 0 Å². The van der Waals surface area contributed by atoms with Gasteiger partial charge in [-0.05, 0) is 22.7 Å². The fourth-order valence-corrected chi connectivity index (χ4v) is 1.20. The zero-order valence-corrected chi connectivity index (χ0v) is 7.54. The number of hydrogen-bond donors (Lipinski definition) is 0. The molecule has 0 heterocycles. The summed E-state index contributed by atoms with van der Waals surface area (Å²) in [4.78, 5) is 10.4. The van der Waals surface area contributed by atoms with Gasteiger partial charge in [0.15, 0.2) is 0 Å². The van der Waals surface area contributed by atoms with Crippen molar-refractivity contribution < 1.29 is 13.6 Å². The molecule has 0 N–H and O–H groups in total. The molecule has 13 heavy (non-hydrogen) atoms. The van der Waals surface area contributed by atoms with Gasteiger partial charge in [0.05, 0.1) is 0 Å². The molecule has 0 aliphatic carbocycles. The van der Waals surface area contributed by atoms with Gasteiger partial charge in [-0.15, -0.1) is 0 Å². The minimum absolute atomic E-state index is 0.0105. The highest BCUT2D eigenvalue weighted by atomic mass is 32.2. The molecule has 1 rings (SSSR count). The second-order valence-corrected chi connectivity index (χ2v) is 3.36. The summed E-state index contributed by atoms with van der Waals surface area (Å²) in [5.41, 5.74) is 0.877. The molecular formula is C9H7O3S-. The number of benzene rings is 1. The number of rotatable bonds is 3. The number of hydrogen-bond acceptors (Lipinski definition) is 3. The molecule has 0 fully saturated rings. The molecule has 0 saturated carbocycles. The van der Waals surface area contributed by atoms with Gasteiger partial charge in [-0.2, -0.15) is 0 Å². The molecule has 1 aromatic rings. The molecular weight excluding hydrogens is 188 g/mol. The third-order valence-corrected chi connectivity index (χ3v) is 2.18. The number of carbonyl (C=O) groups is 1. The maximum absolute atomic E-state index is 10.5. The zero-order valence-electron chi connectivity index (χ0n) is 6.73. The van der Waals surface area contributed by atoms with Crippen LogP contribution in [0.1, 0.15) is 15.9 Å². The van der Waals surface area contributed by atoms with Gasteiger partial charge in [0.25, 0.3) is 0 Å². The summed E-state index contributed by atoms with van der Waals surface area (Å²) in [6.07, 6.45) is 0.657. The van der Waals surface area contributed by atoms with Crippen molar-refractivity contribution in [3.05, 3.63) is 42.0 Å². The van der Waals surface area contributed by atoms with E-state index in [1.807, 2.05) is 0 Å². The largest absolute Gasteiger partial charge is 0.768 e. The molecule has 1 aromatic carbocycles. The van der Waals surface area contributed by atoms with Crippen LogP contribution in [0.2, 0.25) is 0 Å². The second-order valence-electron chi connectivity index (χ2n) is 2.40. The van der Waals surface area contributed by atoms with Gasteiger partial charge in [0.1, 0.15) is 6.29 Å². The van der Waals surface area contributed by atoms with E-state index in [1.165, 1.54) is 6.07 Å². The average Bonchev–Trinajstić information content (AvgIpc) is 2.16. The predicted molar refractivity (Wildman–Crippen MR) is 49.8 cm³/mol. The lowest BCUT2D eigenvalue weighted by Gasteiger charge is -2.08. The highest BCUT2D eigenvalue weighted by Crippen LogP contribution is 2.15. The van der Waals surface area contributed by atoms with E-state index in [1.54, 1.807) is 18.2 Å². The lowest BCUT2D eigenvalue weighted by Crippen LogP contribution is -1.92. The lowest BCUT2D eigenvalue weighted by atomic mass is 10.1. The highest BCUT2D eigenvalue weighted by molar-refractivity contribution is 7.89. The Labute approximate surface area is 78.4 Å². The van der Waals surface area contributed by atoms with Crippen LogP contribution in [0.5, 0.6) is 0 Å². The van der Waals surface area contributed by atoms with Gasteiger partial charge in [-0.3, -0.25) is 9.00 Å². The third-order valence-electron chi connectivity index (χ3n) is 1.55. The minimum Gasteiger partial charge on any atom is -0.768 e. The van der Waals surface area contributed by atoms with E-state index < -0.39 is 11.1 Å². The highest BCUT2D eigenvalue weighted by Gasteiger charge is 1.99. The van der Waals surface area contributed by atoms with Gasteiger partial charge in [-0.1, -0.05) is 24.8 Å². The van der Waals surface area contributed by atoms with Gasteiger partial charge < -0.3 is 4.55 Å². The van der Waals surface area contributed by atoms with Crippen molar-refractivity contribution in [2.24, 2.45) is 0 Å². The molecule has 0 bridgehead atoms. The molecule has 1 atom stereocenters. The van der Waals surface area contributed by atoms with E-state index in [9.17, 15) is 13.6 Å². The Morgan fingerprint density at radius 1 is 1.54 bits per heavy atom. The maximum atomic E-state index is 10.5. The van der Waals surface area contributed by atoms with Crippen LogP contribution < -0.4 is 0 Å². The molecule has 0 radical (unpaired) electrons. The smallest absolute Gasteiger partial charge is 0.150 e. The molecule has 0 aliphatic heterocycles. The number of aldehydes is 1. The van der Waals surface area contributed by atoms with Gasteiger partial charge in [0.2, 0.25) is 0 Å². The summed E-state index contributed by atoms with van der Waals surface area (Å²) in [5, 5.41) is 0. The molecule has 0 aliphatic rings. The van der Waals surface area contributed by atoms with E-state index >= 15 is 0 Å². The fourth-order valence-electron chi connectivity index (χ4n) is 0.882. The van der Waals surface area contributed by atoms with E-state index in [4.69, 9.17) is 0 Å². The summed E-state index contributed by atoms with van der Waals surface area (Å²) in [5.74, 6) is 0. The van der Waals surface area contributed by atoms with Crippen LogP contribution in [0.25, 0.3) is 4.91 Å². The molecule has 0 saturated heterocycles. The Balaban J connectivity index is 3.08. The standard InChI is InChI=1S/C9H8O3S/c1-7(13(11)12)9-4-2-3-8(5-9)6-10/h2-6H,1H2,(H,11,12)/p-1. The summed E-state index contributed by atoms with van der Waals surface area (Å²) < 4.78 is 21.0. The monoisotopic (exact) mass is 195 g/mol. The van der Waals surface area contributed by atoms with Crippen molar-refractivity contribution in [1.82, 2.24) is 0 Å².